The molecule has 0 aliphatic carbocycles. The number of carbonyl (C=O) groups excluding carboxylic acids is 3. The molecule has 8 nitrogen and oxygen atoms in total. The molecule has 2 bridgehead atoms. The summed E-state index contributed by atoms with van der Waals surface area (Å²) in [4.78, 5) is 43.8. The number of aliphatic hydroxyl groups excluding tert-OH is 1. The summed E-state index contributed by atoms with van der Waals surface area (Å²) in [5, 5.41) is 16.5. The molecule has 3 saturated heterocycles. The standard InChI is InChI=1S/C30H36BrN3O5S/c1-5-39-19-13-11-18(12-14-19)32-26(36)22-23-28(38)34(21(16-35)17-9-7-6-8-10-17)25(27(37)33-29(2,3)4)30(23)15-20(31)24(22)40-30/h6-14,20-25,35H,5,15-16H2,1-4H3,(H,32,36)(H,33,37)/t20?,21-,22+,23+,24+,25?,30?/m1/s1. The molecule has 5 rings (SSSR count). The Kier molecular flexibility index (Phi) is 7.98. The number of ether oxygens (including phenoxy) is 1. The van der Waals surface area contributed by atoms with Crippen LogP contribution in [0.5, 0.6) is 5.75 Å². The third kappa shape index (κ3) is 5.03. The van der Waals surface area contributed by atoms with Gasteiger partial charge in [-0.1, -0.05) is 46.3 Å². The van der Waals surface area contributed by atoms with Crippen LogP contribution in [0.3, 0.4) is 0 Å². The van der Waals surface area contributed by atoms with Crippen molar-refractivity contribution in [3.05, 3.63) is 60.2 Å². The Hall–Kier alpha value is -2.56. The minimum absolute atomic E-state index is 0.0492. The molecular weight excluding hydrogens is 594 g/mol. The summed E-state index contributed by atoms with van der Waals surface area (Å²) in [6.45, 7) is 7.83. The fourth-order valence-corrected chi connectivity index (χ4v) is 10.1. The summed E-state index contributed by atoms with van der Waals surface area (Å²) < 4.78 is 4.70. The molecule has 3 N–H and O–H groups in total. The van der Waals surface area contributed by atoms with E-state index in [1.807, 2.05) is 58.0 Å². The number of nitrogens with zero attached hydrogens (tertiary/aromatic N) is 1. The van der Waals surface area contributed by atoms with E-state index in [2.05, 4.69) is 26.6 Å². The number of thioether (sulfide) groups is 1. The number of hydrogen-bond donors (Lipinski definition) is 3. The van der Waals surface area contributed by atoms with Gasteiger partial charge in [0.05, 0.1) is 35.8 Å². The topological polar surface area (TPSA) is 108 Å². The highest BCUT2D eigenvalue weighted by Gasteiger charge is 2.76. The molecule has 2 aromatic carbocycles. The molecule has 214 valence electrons. The highest BCUT2D eigenvalue weighted by Crippen LogP contribution is 2.68. The van der Waals surface area contributed by atoms with Gasteiger partial charge in [0.25, 0.3) is 0 Å². The summed E-state index contributed by atoms with van der Waals surface area (Å²) in [7, 11) is 0. The van der Waals surface area contributed by atoms with Crippen LogP contribution in [0.4, 0.5) is 5.69 Å². The lowest BCUT2D eigenvalue weighted by atomic mass is 9.70. The Labute approximate surface area is 247 Å². The third-order valence-electron chi connectivity index (χ3n) is 7.90. The fraction of sp³-hybridized carbons (Fsp3) is 0.500. The monoisotopic (exact) mass is 629 g/mol. The van der Waals surface area contributed by atoms with E-state index in [4.69, 9.17) is 4.74 Å². The summed E-state index contributed by atoms with van der Waals surface area (Å²) >= 11 is 5.37. The normalized spacial score (nSPS) is 29.7. The van der Waals surface area contributed by atoms with Gasteiger partial charge in [-0.25, -0.2) is 0 Å². The van der Waals surface area contributed by atoms with Crippen molar-refractivity contribution < 1.29 is 24.2 Å². The smallest absolute Gasteiger partial charge is 0.244 e. The Morgan fingerprint density at radius 1 is 1.15 bits per heavy atom. The lowest BCUT2D eigenvalue weighted by molar-refractivity contribution is -0.142. The number of hydrogen-bond acceptors (Lipinski definition) is 6. The van der Waals surface area contributed by atoms with Gasteiger partial charge in [0, 0.05) is 21.3 Å². The number of carbonyl (C=O) groups is 3. The van der Waals surface area contributed by atoms with Gasteiger partial charge in [0.1, 0.15) is 11.8 Å². The summed E-state index contributed by atoms with van der Waals surface area (Å²) in [6.07, 6.45) is 0.567. The van der Waals surface area contributed by atoms with E-state index >= 15 is 0 Å². The Morgan fingerprint density at radius 2 is 1.82 bits per heavy atom. The fourth-order valence-electron chi connectivity index (χ4n) is 6.50. The Balaban J connectivity index is 1.53. The van der Waals surface area contributed by atoms with E-state index in [0.717, 1.165) is 5.56 Å². The maximum atomic E-state index is 14.4. The molecule has 3 unspecified atom stereocenters. The molecule has 3 aliphatic heterocycles. The van der Waals surface area contributed by atoms with Crippen LogP contribution < -0.4 is 15.4 Å². The summed E-state index contributed by atoms with van der Waals surface area (Å²) in [6, 6.07) is 14.9. The van der Waals surface area contributed by atoms with Crippen molar-refractivity contribution >= 4 is 51.1 Å². The second-order valence-corrected chi connectivity index (χ2v) is 14.4. The predicted molar refractivity (Wildman–Crippen MR) is 159 cm³/mol. The van der Waals surface area contributed by atoms with Crippen LogP contribution in [0.2, 0.25) is 0 Å². The van der Waals surface area contributed by atoms with Gasteiger partial charge in [-0.2, -0.15) is 0 Å². The Morgan fingerprint density at radius 3 is 2.42 bits per heavy atom. The zero-order valence-electron chi connectivity index (χ0n) is 23.1. The molecule has 3 fully saturated rings. The van der Waals surface area contributed by atoms with Crippen LogP contribution in [-0.4, -0.2) is 67.3 Å². The highest BCUT2D eigenvalue weighted by atomic mass is 79.9. The van der Waals surface area contributed by atoms with Gasteiger partial charge in [0.15, 0.2) is 0 Å². The van der Waals surface area contributed by atoms with Gasteiger partial charge < -0.3 is 25.4 Å². The highest BCUT2D eigenvalue weighted by molar-refractivity contribution is 9.09. The molecule has 7 atom stereocenters. The molecule has 40 heavy (non-hydrogen) atoms. The average Bonchev–Trinajstić information content (AvgIpc) is 3.49. The zero-order valence-corrected chi connectivity index (χ0v) is 25.5. The molecule has 0 radical (unpaired) electrons. The van der Waals surface area contributed by atoms with Crippen LogP contribution in [0.15, 0.2) is 54.6 Å². The first-order chi connectivity index (χ1) is 19.0. The number of nitrogens with one attached hydrogen (secondary N) is 2. The molecule has 2 aromatic rings. The lowest BCUT2D eigenvalue weighted by Gasteiger charge is -2.39. The SMILES string of the molecule is CCOc1ccc(NC(=O)[C@H]2[C@H]3C(=O)N([C@H](CO)c4ccccc4)C(C(=O)NC(C)(C)C)C34CC(Br)[C@@H]2S4)cc1. The van der Waals surface area contributed by atoms with Crippen molar-refractivity contribution in [1.82, 2.24) is 10.2 Å². The number of alkyl halides is 1. The second kappa shape index (κ2) is 11.0. The van der Waals surface area contributed by atoms with E-state index in [-0.39, 0.29) is 34.4 Å². The van der Waals surface area contributed by atoms with Crippen molar-refractivity contribution in [2.75, 3.05) is 18.5 Å². The van der Waals surface area contributed by atoms with E-state index in [1.54, 1.807) is 40.9 Å². The van der Waals surface area contributed by atoms with Gasteiger partial charge in [-0.05, 0) is 63.9 Å². The minimum atomic E-state index is -0.847. The van der Waals surface area contributed by atoms with Crippen molar-refractivity contribution in [2.24, 2.45) is 11.8 Å². The van der Waals surface area contributed by atoms with Crippen molar-refractivity contribution in [3.63, 3.8) is 0 Å². The van der Waals surface area contributed by atoms with Crippen LogP contribution in [-0.2, 0) is 14.4 Å². The molecule has 3 amide bonds. The number of aliphatic hydroxyl groups is 1. The summed E-state index contributed by atoms with van der Waals surface area (Å²) in [5.41, 5.74) is 0.832. The maximum Gasteiger partial charge on any atom is 0.244 e. The van der Waals surface area contributed by atoms with E-state index in [1.165, 1.54) is 0 Å². The van der Waals surface area contributed by atoms with Crippen LogP contribution >= 0.6 is 27.7 Å². The Bertz CT molecular complexity index is 1270. The first-order valence-electron chi connectivity index (χ1n) is 13.7. The first kappa shape index (κ1) is 29.0. The van der Waals surface area contributed by atoms with Gasteiger partial charge in [-0.15, -0.1) is 11.8 Å². The number of anilines is 1. The lowest BCUT2D eigenvalue weighted by Crippen LogP contribution is -2.58. The van der Waals surface area contributed by atoms with Crippen LogP contribution in [0.25, 0.3) is 0 Å². The van der Waals surface area contributed by atoms with Crippen LogP contribution in [0.1, 0.15) is 45.7 Å². The number of fused-ring (bicyclic) bond motifs is 1. The minimum Gasteiger partial charge on any atom is -0.494 e. The van der Waals surface area contributed by atoms with E-state index in [0.29, 0.717) is 24.5 Å². The number of benzene rings is 2. The number of amides is 3. The summed E-state index contributed by atoms with van der Waals surface area (Å²) in [5.74, 6) is -1.42. The van der Waals surface area contributed by atoms with Gasteiger partial charge >= 0.3 is 0 Å². The van der Waals surface area contributed by atoms with E-state index < -0.39 is 34.2 Å². The number of halogens is 1. The zero-order chi connectivity index (χ0) is 28.8. The first-order valence-corrected chi connectivity index (χ1v) is 15.5. The molecule has 3 aliphatic rings. The van der Waals surface area contributed by atoms with E-state index in [9.17, 15) is 19.5 Å². The largest absolute Gasteiger partial charge is 0.494 e. The second-order valence-electron chi connectivity index (χ2n) is 11.7. The van der Waals surface area contributed by atoms with Gasteiger partial charge in [0.2, 0.25) is 17.7 Å². The molecule has 10 heteroatoms. The van der Waals surface area contributed by atoms with Crippen LogP contribution in [0, 0.1) is 11.8 Å². The average molecular weight is 631 g/mol. The van der Waals surface area contributed by atoms with Crippen molar-refractivity contribution in [1.29, 1.82) is 0 Å². The molecule has 0 aromatic heterocycles. The molecule has 0 saturated carbocycles. The van der Waals surface area contributed by atoms with Crippen molar-refractivity contribution in [2.45, 2.75) is 66.6 Å². The maximum absolute atomic E-state index is 14.4. The quantitative estimate of drug-likeness (QED) is 0.379. The number of likely N-dealkylation sites (tertiary alicyclic amines) is 1. The van der Waals surface area contributed by atoms with Crippen molar-refractivity contribution in [3.8, 4) is 5.75 Å². The molecule has 3 heterocycles. The molecular formula is C30H36BrN3O5S. The number of rotatable bonds is 8. The predicted octanol–water partition coefficient (Wildman–Crippen LogP) is 4.14. The van der Waals surface area contributed by atoms with Gasteiger partial charge in [-0.3, -0.25) is 14.4 Å². The third-order valence-corrected chi connectivity index (χ3v) is 11.1. The molecule has 1 spiro atoms.